The topological polar surface area (TPSA) is 42.5 Å². The summed E-state index contributed by atoms with van der Waals surface area (Å²) in [6, 6.07) is 16.6. The van der Waals surface area contributed by atoms with Crippen molar-refractivity contribution in [3.05, 3.63) is 59.7 Å². The van der Waals surface area contributed by atoms with E-state index in [1.54, 1.807) is 0 Å². The van der Waals surface area contributed by atoms with Crippen LogP contribution in [0.5, 0.6) is 11.5 Å². The van der Waals surface area contributed by atoms with E-state index in [2.05, 4.69) is 130 Å². The third-order valence-corrected chi connectivity index (χ3v) is 4.85. The molecule has 2 aromatic carbocycles. The predicted octanol–water partition coefficient (Wildman–Crippen LogP) is 7.60. The normalized spacial score (nSPS) is 15.1. The molecule has 0 spiro atoms. The highest BCUT2D eigenvalue weighted by Gasteiger charge is 2.35. The summed E-state index contributed by atoms with van der Waals surface area (Å²) in [6.07, 6.45) is 0. The number of nitrogens with one attached hydrogen (secondary N) is 2. The lowest BCUT2D eigenvalue weighted by atomic mass is 9.88. The molecule has 4 heteroatoms. The van der Waals surface area contributed by atoms with Crippen LogP contribution in [-0.2, 0) is 0 Å². The number of ether oxygens (including phenoxy) is 2. The fraction of sp³-hybridized carbons (Fsp3) is 0.600. The SMILES string of the molecule is CC(C)(C)N[C@H](c1ccccc1OC(C)(C)C)[C@H](NC(C)(C)C)c1ccccc1OC(C)(C)C. The molecule has 0 aliphatic rings. The van der Waals surface area contributed by atoms with Gasteiger partial charge in [0.2, 0.25) is 0 Å². The molecule has 0 heterocycles. The molecule has 4 nitrogen and oxygen atoms in total. The summed E-state index contributed by atoms with van der Waals surface area (Å²) in [5.74, 6) is 1.79. The van der Waals surface area contributed by atoms with Crippen molar-refractivity contribution < 1.29 is 9.47 Å². The standard InChI is InChI=1S/C30H48N2O2/c1-27(2,3)31-25(21-17-13-15-19-23(21)33-29(7,8)9)26(32-28(4,5)6)22-18-14-16-20-24(22)34-30(10,11)12/h13-20,25-26,31-32H,1-12H3/t25-,26-/m1/s1. The monoisotopic (exact) mass is 468 g/mol. The van der Waals surface area contributed by atoms with Gasteiger partial charge in [0.1, 0.15) is 22.7 Å². The van der Waals surface area contributed by atoms with Crippen LogP contribution in [0.3, 0.4) is 0 Å². The Hall–Kier alpha value is -2.04. The highest BCUT2D eigenvalue weighted by atomic mass is 16.5. The Labute approximate surface area is 208 Å². The van der Waals surface area contributed by atoms with E-state index in [1.165, 1.54) is 0 Å². The molecule has 0 bridgehead atoms. The van der Waals surface area contributed by atoms with Gasteiger partial charge < -0.3 is 20.1 Å². The number of hydrogen-bond acceptors (Lipinski definition) is 4. The zero-order chi connectivity index (χ0) is 25.9. The summed E-state index contributed by atoms with van der Waals surface area (Å²) in [6.45, 7) is 25.8. The first-order valence-corrected chi connectivity index (χ1v) is 12.5. The maximum absolute atomic E-state index is 6.46. The molecule has 2 aromatic rings. The van der Waals surface area contributed by atoms with Gasteiger partial charge in [-0.25, -0.2) is 0 Å². The molecule has 2 N–H and O–H groups in total. The Morgan fingerprint density at radius 3 is 1.06 bits per heavy atom. The number of benzene rings is 2. The highest BCUT2D eigenvalue weighted by Crippen LogP contribution is 2.41. The van der Waals surface area contributed by atoms with Gasteiger partial charge in [-0.05, 0) is 95.2 Å². The van der Waals surface area contributed by atoms with E-state index >= 15 is 0 Å². The molecular formula is C30H48N2O2. The van der Waals surface area contributed by atoms with Gasteiger partial charge in [0.25, 0.3) is 0 Å². The summed E-state index contributed by atoms with van der Waals surface area (Å²) in [7, 11) is 0. The average molecular weight is 469 g/mol. The van der Waals surface area contributed by atoms with E-state index < -0.39 is 0 Å². The van der Waals surface area contributed by atoms with Crippen LogP contribution in [0.15, 0.2) is 48.5 Å². The number of rotatable bonds is 7. The van der Waals surface area contributed by atoms with Gasteiger partial charge in [-0.2, -0.15) is 0 Å². The van der Waals surface area contributed by atoms with Crippen molar-refractivity contribution in [2.75, 3.05) is 0 Å². The quantitative estimate of drug-likeness (QED) is 0.439. The van der Waals surface area contributed by atoms with Gasteiger partial charge in [-0.1, -0.05) is 36.4 Å². The molecule has 0 aromatic heterocycles. The molecule has 0 unspecified atom stereocenters. The van der Waals surface area contributed by atoms with E-state index in [-0.39, 0.29) is 34.4 Å². The van der Waals surface area contributed by atoms with E-state index in [0.717, 1.165) is 22.6 Å². The first kappa shape index (κ1) is 28.2. The molecule has 0 radical (unpaired) electrons. The lowest BCUT2D eigenvalue weighted by Crippen LogP contribution is -2.49. The van der Waals surface area contributed by atoms with Crippen molar-refractivity contribution in [1.82, 2.24) is 10.6 Å². The van der Waals surface area contributed by atoms with Crippen LogP contribution in [0.1, 0.15) is 106 Å². The number of para-hydroxylation sites is 2. The first-order valence-electron chi connectivity index (χ1n) is 12.5. The van der Waals surface area contributed by atoms with Crippen LogP contribution in [0, 0.1) is 0 Å². The third kappa shape index (κ3) is 9.31. The maximum Gasteiger partial charge on any atom is 0.124 e. The zero-order valence-electron chi connectivity index (χ0n) is 23.6. The van der Waals surface area contributed by atoms with E-state index in [4.69, 9.17) is 9.47 Å². The second kappa shape index (κ2) is 10.3. The summed E-state index contributed by atoms with van der Waals surface area (Å²) in [5, 5.41) is 7.82. The zero-order valence-corrected chi connectivity index (χ0v) is 23.6. The third-order valence-electron chi connectivity index (χ3n) is 4.85. The minimum atomic E-state index is -0.303. The summed E-state index contributed by atoms with van der Waals surface area (Å²) < 4.78 is 12.9. The fourth-order valence-corrected chi connectivity index (χ4v) is 3.93. The Morgan fingerprint density at radius 1 is 0.500 bits per heavy atom. The molecule has 34 heavy (non-hydrogen) atoms. The summed E-state index contributed by atoms with van der Waals surface area (Å²) in [5.41, 5.74) is 1.39. The van der Waals surface area contributed by atoms with Crippen molar-refractivity contribution in [1.29, 1.82) is 0 Å². The average Bonchev–Trinajstić information content (AvgIpc) is 2.61. The first-order chi connectivity index (χ1) is 15.3. The maximum atomic E-state index is 6.46. The Bertz CT molecular complexity index is 847. The largest absolute Gasteiger partial charge is 0.488 e. The minimum Gasteiger partial charge on any atom is -0.488 e. The van der Waals surface area contributed by atoms with Crippen LogP contribution in [0.2, 0.25) is 0 Å². The van der Waals surface area contributed by atoms with Crippen molar-refractivity contribution >= 4 is 0 Å². The Balaban J connectivity index is 2.75. The molecule has 0 saturated heterocycles. The second-order valence-electron chi connectivity index (χ2n) is 13.2. The van der Waals surface area contributed by atoms with Gasteiger partial charge in [0.15, 0.2) is 0 Å². The lowest BCUT2D eigenvalue weighted by molar-refractivity contribution is 0.122. The number of hydrogen-bond donors (Lipinski definition) is 2. The molecule has 0 aliphatic carbocycles. The second-order valence-corrected chi connectivity index (χ2v) is 13.2. The Kier molecular flexibility index (Phi) is 8.54. The van der Waals surface area contributed by atoms with Crippen LogP contribution >= 0.6 is 0 Å². The Morgan fingerprint density at radius 2 is 0.794 bits per heavy atom. The molecule has 190 valence electrons. The molecule has 0 aliphatic heterocycles. The fourth-order valence-electron chi connectivity index (χ4n) is 3.93. The van der Waals surface area contributed by atoms with Gasteiger partial charge in [0, 0.05) is 22.2 Å². The minimum absolute atomic E-state index is 0.0671. The highest BCUT2D eigenvalue weighted by molar-refractivity contribution is 5.43. The summed E-state index contributed by atoms with van der Waals surface area (Å²) in [4.78, 5) is 0. The van der Waals surface area contributed by atoms with E-state index in [9.17, 15) is 0 Å². The summed E-state index contributed by atoms with van der Waals surface area (Å²) >= 11 is 0. The molecule has 0 fully saturated rings. The van der Waals surface area contributed by atoms with Crippen LogP contribution in [0.4, 0.5) is 0 Å². The van der Waals surface area contributed by atoms with Gasteiger partial charge in [0.05, 0.1) is 12.1 Å². The molecule has 0 saturated carbocycles. The molecular weight excluding hydrogens is 420 g/mol. The predicted molar refractivity (Wildman–Crippen MR) is 145 cm³/mol. The van der Waals surface area contributed by atoms with Crippen LogP contribution < -0.4 is 20.1 Å². The van der Waals surface area contributed by atoms with Crippen LogP contribution in [-0.4, -0.2) is 22.3 Å². The van der Waals surface area contributed by atoms with Gasteiger partial charge in [-0.3, -0.25) is 0 Å². The van der Waals surface area contributed by atoms with Gasteiger partial charge >= 0.3 is 0 Å². The van der Waals surface area contributed by atoms with Crippen LogP contribution in [0.25, 0.3) is 0 Å². The lowest BCUT2D eigenvalue weighted by Gasteiger charge is -2.40. The molecule has 0 amide bonds. The van der Waals surface area contributed by atoms with Crippen molar-refractivity contribution in [2.45, 2.75) is 117 Å². The molecule has 2 rings (SSSR count). The van der Waals surface area contributed by atoms with E-state index in [1.807, 2.05) is 12.1 Å². The van der Waals surface area contributed by atoms with Crippen molar-refractivity contribution in [2.24, 2.45) is 0 Å². The molecule has 2 atom stereocenters. The smallest absolute Gasteiger partial charge is 0.124 e. The van der Waals surface area contributed by atoms with Gasteiger partial charge in [-0.15, -0.1) is 0 Å². The van der Waals surface area contributed by atoms with Crippen molar-refractivity contribution in [3.63, 3.8) is 0 Å². The van der Waals surface area contributed by atoms with E-state index in [0.29, 0.717) is 0 Å². The van der Waals surface area contributed by atoms with Crippen molar-refractivity contribution in [3.8, 4) is 11.5 Å².